The van der Waals surface area contributed by atoms with Gasteiger partial charge in [0.25, 0.3) is 5.69 Å². The molecule has 0 amide bonds. The molecule has 11 heteroatoms. The number of non-ortho nitro benzene ring substituents is 1. The Balaban J connectivity index is 1.64. The molecule has 0 bridgehead atoms. The van der Waals surface area contributed by atoms with Gasteiger partial charge in [-0.05, 0) is 24.3 Å². The number of nitro benzene ring substituents is 1. The Bertz CT molecular complexity index is 1150. The second-order valence-electron chi connectivity index (χ2n) is 6.26. The van der Waals surface area contributed by atoms with E-state index in [1.54, 1.807) is 18.2 Å². The van der Waals surface area contributed by atoms with Gasteiger partial charge < -0.3 is 9.15 Å². The summed E-state index contributed by atoms with van der Waals surface area (Å²) in [6.07, 6.45) is 0. The quantitative estimate of drug-likeness (QED) is 0.458. The van der Waals surface area contributed by atoms with Gasteiger partial charge in [-0.3, -0.25) is 10.1 Å². The maximum atomic E-state index is 12.8. The molecule has 10 nitrogen and oxygen atoms in total. The van der Waals surface area contributed by atoms with Crippen LogP contribution in [0, 0.1) is 10.1 Å². The van der Waals surface area contributed by atoms with E-state index in [1.807, 2.05) is 0 Å². The van der Waals surface area contributed by atoms with Gasteiger partial charge in [0.15, 0.2) is 0 Å². The number of morpholine rings is 1. The van der Waals surface area contributed by atoms with Crippen LogP contribution in [0.25, 0.3) is 22.9 Å². The molecule has 4 rings (SSSR count). The molecule has 2 aromatic carbocycles. The second kappa shape index (κ2) is 7.70. The lowest BCUT2D eigenvalue weighted by molar-refractivity contribution is -0.384. The van der Waals surface area contributed by atoms with Gasteiger partial charge in [0.05, 0.1) is 23.0 Å². The van der Waals surface area contributed by atoms with Gasteiger partial charge in [0.2, 0.25) is 21.8 Å². The predicted molar refractivity (Wildman–Crippen MR) is 101 cm³/mol. The van der Waals surface area contributed by atoms with Gasteiger partial charge in [-0.15, -0.1) is 10.2 Å². The second-order valence-corrected chi connectivity index (χ2v) is 8.20. The van der Waals surface area contributed by atoms with Crippen LogP contribution in [0.3, 0.4) is 0 Å². The van der Waals surface area contributed by atoms with Crippen LogP contribution in [0.2, 0.25) is 0 Å². The van der Waals surface area contributed by atoms with E-state index in [9.17, 15) is 18.5 Å². The summed E-state index contributed by atoms with van der Waals surface area (Å²) in [5, 5.41) is 18.8. The number of sulfonamides is 1. The van der Waals surface area contributed by atoms with E-state index in [2.05, 4.69) is 10.2 Å². The normalized spacial score (nSPS) is 15.3. The van der Waals surface area contributed by atoms with Crippen LogP contribution >= 0.6 is 0 Å². The topological polar surface area (TPSA) is 129 Å². The van der Waals surface area contributed by atoms with E-state index in [-0.39, 0.29) is 22.4 Å². The summed E-state index contributed by atoms with van der Waals surface area (Å²) in [5.74, 6) is 0.218. The maximum absolute atomic E-state index is 12.8. The Hall–Kier alpha value is -3.15. The van der Waals surface area contributed by atoms with E-state index in [1.165, 1.54) is 34.6 Å². The third-order valence-electron chi connectivity index (χ3n) is 4.42. The minimum absolute atomic E-state index is 0.0964. The molecule has 0 saturated carbocycles. The molecule has 1 aliphatic rings. The van der Waals surface area contributed by atoms with Crippen molar-refractivity contribution in [1.29, 1.82) is 0 Å². The molecular weight excluding hydrogens is 400 g/mol. The Kier molecular flexibility index (Phi) is 5.09. The third kappa shape index (κ3) is 3.88. The van der Waals surface area contributed by atoms with Gasteiger partial charge in [-0.2, -0.15) is 4.31 Å². The highest BCUT2D eigenvalue weighted by atomic mass is 32.2. The zero-order valence-corrected chi connectivity index (χ0v) is 15.9. The van der Waals surface area contributed by atoms with Crippen molar-refractivity contribution >= 4 is 15.7 Å². The molecular formula is C18H16N4O6S. The summed E-state index contributed by atoms with van der Waals surface area (Å²) in [6.45, 7) is 1.30. The monoisotopic (exact) mass is 416 g/mol. The number of hydrogen-bond donors (Lipinski definition) is 0. The molecule has 3 aromatic rings. The van der Waals surface area contributed by atoms with Crippen LogP contribution in [-0.4, -0.2) is 54.1 Å². The van der Waals surface area contributed by atoms with Gasteiger partial charge in [0, 0.05) is 36.3 Å². The van der Waals surface area contributed by atoms with Crippen molar-refractivity contribution in [2.24, 2.45) is 0 Å². The summed E-state index contributed by atoms with van der Waals surface area (Å²) >= 11 is 0. The SMILES string of the molecule is O=[N+]([O-])c1cccc(-c2nnc(-c3cccc(S(=O)(=O)N4CCOCC4)c3)o2)c1. The van der Waals surface area contributed by atoms with Crippen molar-refractivity contribution in [3.05, 3.63) is 58.6 Å². The van der Waals surface area contributed by atoms with E-state index >= 15 is 0 Å². The molecule has 0 unspecified atom stereocenters. The van der Waals surface area contributed by atoms with Crippen LogP contribution in [0.15, 0.2) is 57.8 Å². The molecule has 1 aromatic heterocycles. The van der Waals surface area contributed by atoms with Crippen molar-refractivity contribution in [1.82, 2.24) is 14.5 Å². The van der Waals surface area contributed by atoms with Gasteiger partial charge in [-0.25, -0.2) is 8.42 Å². The Morgan fingerprint density at radius 3 is 2.24 bits per heavy atom. The van der Waals surface area contributed by atoms with Crippen LogP contribution in [0.1, 0.15) is 0 Å². The molecule has 0 spiro atoms. The number of aromatic nitrogens is 2. The first-order valence-electron chi connectivity index (χ1n) is 8.72. The Morgan fingerprint density at radius 2 is 1.59 bits per heavy atom. The highest BCUT2D eigenvalue weighted by molar-refractivity contribution is 7.89. The predicted octanol–water partition coefficient (Wildman–Crippen LogP) is 2.33. The van der Waals surface area contributed by atoms with Crippen molar-refractivity contribution in [3.8, 4) is 22.9 Å². The number of hydrogen-bond acceptors (Lipinski definition) is 8. The van der Waals surface area contributed by atoms with E-state index in [0.717, 1.165) is 0 Å². The molecule has 29 heavy (non-hydrogen) atoms. The Morgan fingerprint density at radius 1 is 0.966 bits per heavy atom. The molecule has 1 saturated heterocycles. The summed E-state index contributed by atoms with van der Waals surface area (Å²) in [6, 6.07) is 12.1. The molecule has 1 fully saturated rings. The van der Waals surface area contributed by atoms with Crippen LogP contribution < -0.4 is 0 Å². The van der Waals surface area contributed by atoms with Gasteiger partial charge in [-0.1, -0.05) is 12.1 Å². The lowest BCUT2D eigenvalue weighted by atomic mass is 10.2. The number of nitro groups is 1. The number of rotatable bonds is 5. The molecule has 0 aliphatic carbocycles. The summed E-state index contributed by atoms with van der Waals surface area (Å²) < 4.78 is 37.9. The van der Waals surface area contributed by atoms with E-state index in [0.29, 0.717) is 37.4 Å². The standard InChI is InChI=1S/C18H16N4O6S/c23-22(24)15-5-1-3-13(11-15)17-19-20-18(28-17)14-4-2-6-16(12-14)29(25,26)21-7-9-27-10-8-21/h1-6,11-12H,7-10H2. The number of nitrogens with zero attached hydrogens (tertiary/aromatic N) is 4. The Labute approximate surface area is 165 Å². The number of ether oxygens (including phenoxy) is 1. The van der Waals surface area contributed by atoms with Crippen molar-refractivity contribution in [3.63, 3.8) is 0 Å². The zero-order valence-electron chi connectivity index (χ0n) is 15.1. The molecule has 2 heterocycles. The third-order valence-corrected chi connectivity index (χ3v) is 6.31. The van der Waals surface area contributed by atoms with Crippen LogP contribution in [0.5, 0.6) is 0 Å². The highest BCUT2D eigenvalue weighted by Gasteiger charge is 2.27. The summed E-state index contributed by atoms with van der Waals surface area (Å²) in [5.41, 5.74) is 0.736. The largest absolute Gasteiger partial charge is 0.416 e. The van der Waals surface area contributed by atoms with Crippen molar-refractivity contribution in [2.75, 3.05) is 26.3 Å². The molecule has 0 radical (unpaired) electrons. The zero-order chi connectivity index (χ0) is 20.4. The lowest BCUT2D eigenvalue weighted by Crippen LogP contribution is -2.40. The minimum atomic E-state index is -3.66. The van der Waals surface area contributed by atoms with Crippen molar-refractivity contribution < 1.29 is 22.5 Å². The first-order chi connectivity index (χ1) is 13.9. The van der Waals surface area contributed by atoms with Crippen LogP contribution in [-0.2, 0) is 14.8 Å². The lowest BCUT2D eigenvalue weighted by Gasteiger charge is -2.26. The minimum Gasteiger partial charge on any atom is -0.416 e. The molecule has 0 atom stereocenters. The average molecular weight is 416 g/mol. The smallest absolute Gasteiger partial charge is 0.270 e. The fourth-order valence-electron chi connectivity index (χ4n) is 2.93. The molecule has 1 aliphatic heterocycles. The summed E-state index contributed by atoms with van der Waals surface area (Å²) in [7, 11) is -3.66. The highest BCUT2D eigenvalue weighted by Crippen LogP contribution is 2.28. The fourth-order valence-corrected chi connectivity index (χ4v) is 4.39. The average Bonchev–Trinajstić information content (AvgIpc) is 3.25. The summed E-state index contributed by atoms with van der Waals surface area (Å²) in [4.78, 5) is 10.5. The molecule has 0 N–H and O–H groups in total. The first-order valence-corrected chi connectivity index (χ1v) is 10.2. The van der Waals surface area contributed by atoms with E-state index in [4.69, 9.17) is 9.15 Å². The first kappa shape index (κ1) is 19.2. The van der Waals surface area contributed by atoms with Gasteiger partial charge >= 0.3 is 0 Å². The van der Waals surface area contributed by atoms with Gasteiger partial charge in [0.1, 0.15) is 0 Å². The molecule has 150 valence electrons. The maximum Gasteiger partial charge on any atom is 0.270 e. The van der Waals surface area contributed by atoms with E-state index < -0.39 is 14.9 Å². The fraction of sp³-hybridized carbons (Fsp3) is 0.222. The van der Waals surface area contributed by atoms with Crippen molar-refractivity contribution in [2.45, 2.75) is 4.90 Å². The van der Waals surface area contributed by atoms with Crippen LogP contribution in [0.4, 0.5) is 5.69 Å². The number of benzene rings is 2.